The van der Waals surface area contributed by atoms with Crippen LogP contribution in [0.2, 0.25) is 5.04 Å². The first-order valence-corrected chi connectivity index (χ1v) is 19.1. The predicted molar refractivity (Wildman–Crippen MR) is 185 cm³/mol. The van der Waals surface area contributed by atoms with Crippen LogP contribution in [-0.4, -0.2) is 64.1 Å². The zero-order valence-electron chi connectivity index (χ0n) is 29.3. The molecule has 0 amide bonds. The molecule has 5 rings (SSSR count). The number of benzene rings is 3. The van der Waals surface area contributed by atoms with Crippen molar-refractivity contribution in [3.8, 4) is 0 Å². The molecule has 270 valence electrons. The van der Waals surface area contributed by atoms with Crippen molar-refractivity contribution in [2.45, 2.75) is 107 Å². The van der Waals surface area contributed by atoms with E-state index in [9.17, 15) is 22.8 Å². The molecule has 3 aromatic rings. The zero-order valence-corrected chi connectivity index (χ0v) is 30.3. The Kier molecular flexibility index (Phi) is 11.3. The summed E-state index contributed by atoms with van der Waals surface area (Å²) in [5.41, 5.74) is -4.59. The molecule has 5 atom stereocenters. The number of ether oxygens (including phenoxy) is 4. The van der Waals surface area contributed by atoms with E-state index >= 15 is 0 Å². The largest absolute Gasteiger partial charge is 0.457 e. The van der Waals surface area contributed by atoms with Gasteiger partial charge in [-0.25, -0.2) is 4.79 Å². The molecule has 0 aromatic heterocycles. The number of methoxy groups -OCH3 is 1. The standard InChI is InChI=1S/C39H47F3O7Si/c1-36(2,3)50(29-18-11-7-12-19-29,30-20-13-8-14-21-30)46-27-15-22-31-32(23-24-33(47-31)37(4)26-25-34(43)49-37)48-35(44)38(45-5,39(40,41)42)28-16-9-6-10-17-28/h6-14,16-21,31-33H,15,22-27H2,1-5H3/t31-,32+,33-,37+,38-/m1/s1. The van der Waals surface area contributed by atoms with Crippen LogP contribution in [0.4, 0.5) is 13.2 Å². The van der Waals surface area contributed by atoms with Crippen LogP contribution in [0, 0.1) is 0 Å². The topological polar surface area (TPSA) is 80.3 Å². The van der Waals surface area contributed by atoms with Gasteiger partial charge in [0.1, 0.15) is 11.7 Å². The lowest BCUT2D eigenvalue weighted by Gasteiger charge is -2.44. The molecular formula is C39H47F3O7Si. The van der Waals surface area contributed by atoms with Gasteiger partial charge in [0.25, 0.3) is 13.9 Å². The normalized spacial score (nSPS) is 24.3. The molecule has 2 fully saturated rings. The average molecular weight is 713 g/mol. The van der Waals surface area contributed by atoms with E-state index in [0.717, 1.165) is 17.5 Å². The maximum Gasteiger partial charge on any atom is 0.432 e. The lowest BCUT2D eigenvalue weighted by Crippen LogP contribution is -2.66. The van der Waals surface area contributed by atoms with Crippen molar-refractivity contribution in [3.05, 3.63) is 96.6 Å². The summed E-state index contributed by atoms with van der Waals surface area (Å²) in [5, 5.41) is 2.00. The second kappa shape index (κ2) is 15.0. The van der Waals surface area contributed by atoms with E-state index in [4.69, 9.17) is 23.4 Å². The van der Waals surface area contributed by atoms with Crippen molar-refractivity contribution in [1.29, 1.82) is 0 Å². The average Bonchev–Trinajstić information content (AvgIpc) is 3.45. The minimum absolute atomic E-state index is 0.218. The molecular weight excluding hydrogens is 666 g/mol. The number of cyclic esters (lactones) is 1. The van der Waals surface area contributed by atoms with E-state index in [1.807, 2.05) is 43.3 Å². The molecule has 2 aliphatic rings. The molecule has 0 saturated carbocycles. The fourth-order valence-corrected chi connectivity index (χ4v) is 12.1. The van der Waals surface area contributed by atoms with E-state index < -0.39 is 50.0 Å². The van der Waals surface area contributed by atoms with Crippen molar-refractivity contribution in [2.24, 2.45) is 0 Å². The number of carbonyl (C=O) groups is 2. The minimum atomic E-state index is -5.11. The van der Waals surface area contributed by atoms with E-state index in [1.54, 1.807) is 6.07 Å². The van der Waals surface area contributed by atoms with Crippen molar-refractivity contribution in [1.82, 2.24) is 0 Å². The molecule has 3 aromatic carbocycles. The Morgan fingerprint density at radius 1 is 0.900 bits per heavy atom. The Morgan fingerprint density at radius 2 is 1.46 bits per heavy atom. The van der Waals surface area contributed by atoms with Gasteiger partial charge >= 0.3 is 18.1 Å². The van der Waals surface area contributed by atoms with E-state index in [1.165, 1.54) is 24.3 Å². The molecule has 0 N–H and O–H groups in total. The van der Waals surface area contributed by atoms with Gasteiger partial charge in [-0.15, -0.1) is 0 Å². The van der Waals surface area contributed by atoms with E-state index in [-0.39, 0.29) is 29.4 Å². The first-order valence-electron chi connectivity index (χ1n) is 17.2. The number of alkyl halides is 3. The second-order valence-electron chi connectivity index (χ2n) is 14.4. The smallest absolute Gasteiger partial charge is 0.432 e. The number of rotatable bonds is 12. The van der Waals surface area contributed by atoms with Crippen molar-refractivity contribution in [3.63, 3.8) is 0 Å². The highest BCUT2D eigenvalue weighted by Gasteiger charge is 2.64. The molecule has 11 heteroatoms. The molecule has 0 unspecified atom stereocenters. The Hall–Kier alpha value is -3.51. The number of hydrogen-bond donors (Lipinski definition) is 0. The van der Waals surface area contributed by atoms with Gasteiger partial charge in [0.05, 0.1) is 12.2 Å². The van der Waals surface area contributed by atoms with Crippen molar-refractivity contribution < 1.29 is 46.1 Å². The minimum Gasteiger partial charge on any atom is -0.457 e. The fraction of sp³-hybridized carbons (Fsp3) is 0.487. The molecule has 0 spiro atoms. The van der Waals surface area contributed by atoms with Gasteiger partial charge in [-0.05, 0) is 54.4 Å². The Morgan fingerprint density at radius 3 is 1.94 bits per heavy atom. The maximum atomic E-state index is 14.7. The van der Waals surface area contributed by atoms with E-state index in [2.05, 4.69) is 45.0 Å². The van der Waals surface area contributed by atoms with Crippen LogP contribution in [0.3, 0.4) is 0 Å². The zero-order chi connectivity index (χ0) is 36.2. The maximum absolute atomic E-state index is 14.7. The first kappa shape index (κ1) is 37.7. The predicted octanol–water partition coefficient (Wildman–Crippen LogP) is 7.00. The fourth-order valence-electron chi connectivity index (χ4n) is 7.52. The Bertz CT molecular complexity index is 1540. The number of halogens is 3. The Labute approximate surface area is 293 Å². The first-order chi connectivity index (χ1) is 23.7. The van der Waals surface area contributed by atoms with E-state index in [0.29, 0.717) is 32.3 Å². The lowest BCUT2D eigenvalue weighted by molar-refractivity contribution is -0.282. The van der Waals surface area contributed by atoms with Gasteiger partial charge in [-0.3, -0.25) is 4.79 Å². The summed E-state index contributed by atoms with van der Waals surface area (Å²) in [6.45, 7) is 8.69. The highest BCUT2D eigenvalue weighted by atomic mass is 28.4. The molecule has 50 heavy (non-hydrogen) atoms. The third-order valence-electron chi connectivity index (χ3n) is 10.1. The van der Waals surface area contributed by atoms with Crippen LogP contribution >= 0.6 is 0 Å². The Balaban J connectivity index is 1.40. The lowest BCUT2D eigenvalue weighted by atomic mass is 9.87. The van der Waals surface area contributed by atoms with Gasteiger partial charge in [0, 0.05) is 25.7 Å². The van der Waals surface area contributed by atoms with Gasteiger partial charge < -0.3 is 23.4 Å². The van der Waals surface area contributed by atoms with Gasteiger partial charge in [0.15, 0.2) is 0 Å². The van der Waals surface area contributed by atoms with Crippen LogP contribution in [0.5, 0.6) is 0 Å². The third kappa shape index (κ3) is 7.28. The molecule has 2 saturated heterocycles. The van der Waals surface area contributed by atoms with Crippen LogP contribution in [0.15, 0.2) is 91.0 Å². The molecule has 0 radical (unpaired) electrons. The highest BCUT2D eigenvalue weighted by molar-refractivity contribution is 6.99. The summed E-state index contributed by atoms with van der Waals surface area (Å²) < 4.78 is 74.2. The van der Waals surface area contributed by atoms with Gasteiger partial charge in [-0.2, -0.15) is 13.2 Å². The van der Waals surface area contributed by atoms with Crippen LogP contribution in [0.25, 0.3) is 0 Å². The molecule has 0 aliphatic carbocycles. The second-order valence-corrected chi connectivity index (χ2v) is 18.7. The van der Waals surface area contributed by atoms with Gasteiger partial charge in [0.2, 0.25) is 0 Å². The van der Waals surface area contributed by atoms with Crippen LogP contribution in [-0.2, 0) is 38.6 Å². The summed E-state index contributed by atoms with van der Waals surface area (Å²) in [7, 11) is -2.00. The quantitative estimate of drug-likeness (QED) is 0.114. The number of hydrogen-bond acceptors (Lipinski definition) is 7. The summed E-state index contributed by atoms with van der Waals surface area (Å²) in [4.78, 5) is 25.8. The summed E-state index contributed by atoms with van der Waals surface area (Å²) >= 11 is 0. The van der Waals surface area contributed by atoms with Crippen LogP contribution in [0.1, 0.15) is 71.8 Å². The number of carbonyl (C=O) groups excluding carboxylic acids is 2. The van der Waals surface area contributed by atoms with Crippen molar-refractivity contribution in [2.75, 3.05) is 13.7 Å². The van der Waals surface area contributed by atoms with Gasteiger partial charge in [-0.1, -0.05) is 112 Å². The highest BCUT2D eigenvalue weighted by Crippen LogP contribution is 2.45. The number of esters is 2. The third-order valence-corrected chi connectivity index (χ3v) is 15.2. The summed E-state index contributed by atoms with van der Waals surface area (Å²) in [6.07, 6.45) is -5.36. The monoisotopic (exact) mass is 712 g/mol. The molecule has 7 nitrogen and oxygen atoms in total. The molecule has 2 aliphatic heterocycles. The molecule has 2 heterocycles. The molecule has 0 bridgehead atoms. The summed E-state index contributed by atoms with van der Waals surface area (Å²) in [5.74, 6) is -1.88. The van der Waals surface area contributed by atoms with Crippen molar-refractivity contribution >= 4 is 30.6 Å². The van der Waals surface area contributed by atoms with Crippen LogP contribution < -0.4 is 10.4 Å². The summed E-state index contributed by atoms with van der Waals surface area (Å²) in [6, 6.07) is 27.2. The SMILES string of the molecule is CO[C@@](C(=O)O[C@H]1CC[C@H]([C@]2(C)CCC(=O)O2)O[C@@H]1CCCO[Si](c1ccccc1)(c1ccccc1)C(C)(C)C)(c1ccccc1)C(F)(F)F.